The van der Waals surface area contributed by atoms with E-state index in [4.69, 9.17) is 0 Å². The number of para-hydroxylation sites is 1. The van der Waals surface area contributed by atoms with E-state index in [0.29, 0.717) is 0 Å². The zero-order valence-electron chi connectivity index (χ0n) is 24.0. The Labute approximate surface area is 265 Å². The van der Waals surface area contributed by atoms with Gasteiger partial charge in [-0.2, -0.15) is 0 Å². The van der Waals surface area contributed by atoms with Crippen molar-refractivity contribution in [3.05, 3.63) is 174 Å². The Morgan fingerprint density at radius 2 is 0.932 bits per heavy atom. The summed E-state index contributed by atoms with van der Waals surface area (Å²) in [6.45, 7) is 0. The maximum Gasteiger partial charge on any atom is 0.0547 e. The van der Waals surface area contributed by atoms with Gasteiger partial charge in [0.15, 0.2) is 0 Å². The molecule has 0 amide bonds. The van der Waals surface area contributed by atoms with Crippen molar-refractivity contribution in [2.45, 2.75) is 0 Å². The second-order valence-corrected chi connectivity index (χ2v) is 11.9. The average Bonchev–Trinajstić information content (AvgIpc) is 3.42. The van der Waals surface area contributed by atoms with Crippen molar-refractivity contribution in [2.24, 2.45) is 0 Å². The number of rotatable bonds is 5. The molecular weight excluding hydrogens is 598 g/mol. The summed E-state index contributed by atoms with van der Waals surface area (Å²) in [4.78, 5) is 0. The van der Waals surface area contributed by atoms with Crippen molar-refractivity contribution < 1.29 is 0 Å². The quantitative estimate of drug-likeness (QED) is 0.179. The van der Waals surface area contributed by atoms with E-state index in [2.05, 4.69) is 190 Å². The molecule has 1 nitrogen and oxygen atoms in total. The van der Waals surface area contributed by atoms with Gasteiger partial charge in [0.1, 0.15) is 0 Å². The third kappa shape index (κ3) is 4.56. The molecule has 1 heterocycles. The molecule has 0 saturated heterocycles. The maximum atomic E-state index is 3.80. The molecule has 0 aliphatic carbocycles. The second kappa shape index (κ2) is 11.1. The summed E-state index contributed by atoms with van der Waals surface area (Å²) in [5.41, 5.74) is 13.1. The van der Waals surface area contributed by atoms with Crippen molar-refractivity contribution in [3.8, 4) is 50.2 Å². The van der Waals surface area contributed by atoms with Crippen LogP contribution in [0, 0.1) is 0 Å². The molecule has 0 aliphatic rings. The second-order valence-electron chi connectivity index (χ2n) is 11.1. The van der Waals surface area contributed by atoms with E-state index in [1.54, 1.807) is 0 Å². The van der Waals surface area contributed by atoms with Gasteiger partial charge in [-0.1, -0.05) is 162 Å². The van der Waals surface area contributed by atoms with Crippen LogP contribution in [0.5, 0.6) is 0 Å². The van der Waals surface area contributed by atoms with Crippen LogP contribution in [-0.4, -0.2) is 4.57 Å². The van der Waals surface area contributed by atoms with Gasteiger partial charge in [0, 0.05) is 20.8 Å². The first-order valence-corrected chi connectivity index (χ1v) is 15.7. The number of halogens is 1. The van der Waals surface area contributed by atoms with E-state index in [1.807, 2.05) is 0 Å². The normalized spacial score (nSPS) is 11.3. The van der Waals surface area contributed by atoms with Gasteiger partial charge in [0.05, 0.1) is 16.7 Å². The molecule has 0 unspecified atom stereocenters. The molecule has 0 N–H and O–H groups in total. The zero-order valence-corrected chi connectivity index (χ0v) is 25.6. The van der Waals surface area contributed by atoms with Gasteiger partial charge in [0.2, 0.25) is 0 Å². The Hall–Kier alpha value is -5.18. The number of nitrogens with zero attached hydrogens (tertiary/aromatic N) is 1. The van der Waals surface area contributed by atoms with Crippen LogP contribution in [0.2, 0.25) is 0 Å². The molecule has 8 aromatic rings. The predicted octanol–water partition coefficient (Wildman–Crippen LogP) is 12.2. The summed E-state index contributed by atoms with van der Waals surface area (Å²) in [5, 5.41) is 2.49. The van der Waals surface area contributed by atoms with Crippen molar-refractivity contribution in [1.29, 1.82) is 0 Å². The Bertz CT molecular complexity index is 2280. The van der Waals surface area contributed by atoms with Crippen LogP contribution in [-0.2, 0) is 0 Å². The van der Waals surface area contributed by atoms with E-state index in [1.165, 1.54) is 72.0 Å². The standard InChI is InChI=1S/C42H28BrN/c43-39-21-11-9-19-36(39)35-18-8-7-17-33(35)32-24-26-38-37-20-10-12-22-40(37)44(42(38)28-32)41-27-31(29-13-3-1-4-14-29)23-25-34(41)30-15-5-2-6-16-30/h1-28H. The number of benzene rings is 7. The van der Waals surface area contributed by atoms with E-state index in [9.17, 15) is 0 Å². The molecule has 0 atom stereocenters. The van der Waals surface area contributed by atoms with Crippen molar-refractivity contribution in [2.75, 3.05) is 0 Å². The molecular formula is C42H28BrN. The summed E-state index contributed by atoms with van der Waals surface area (Å²) in [6, 6.07) is 61.1. The minimum atomic E-state index is 1.09. The van der Waals surface area contributed by atoms with Crippen LogP contribution in [0.15, 0.2) is 174 Å². The van der Waals surface area contributed by atoms with Crippen molar-refractivity contribution >= 4 is 37.7 Å². The third-order valence-electron chi connectivity index (χ3n) is 8.51. The fourth-order valence-corrected chi connectivity index (χ4v) is 6.93. The smallest absolute Gasteiger partial charge is 0.0547 e. The molecule has 208 valence electrons. The summed E-state index contributed by atoms with van der Waals surface area (Å²) in [6.07, 6.45) is 0. The molecule has 0 saturated carbocycles. The lowest BCUT2D eigenvalue weighted by atomic mass is 9.94. The van der Waals surface area contributed by atoms with Crippen LogP contribution in [0.25, 0.3) is 72.0 Å². The van der Waals surface area contributed by atoms with Crippen LogP contribution in [0.1, 0.15) is 0 Å². The lowest BCUT2D eigenvalue weighted by Crippen LogP contribution is -1.98. The molecule has 0 fully saturated rings. The number of hydrogen-bond acceptors (Lipinski definition) is 0. The molecule has 0 bridgehead atoms. The van der Waals surface area contributed by atoms with Crippen molar-refractivity contribution in [3.63, 3.8) is 0 Å². The van der Waals surface area contributed by atoms with Gasteiger partial charge in [0.25, 0.3) is 0 Å². The lowest BCUT2D eigenvalue weighted by molar-refractivity contribution is 1.18. The molecule has 8 rings (SSSR count). The maximum absolute atomic E-state index is 3.80. The lowest BCUT2D eigenvalue weighted by Gasteiger charge is -2.17. The highest BCUT2D eigenvalue weighted by atomic mass is 79.9. The highest BCUT2D eigenvalue weighted by molar-refractivity contribution is 9.10. The third-order valence-corrected chi connectivity index (χ3v) is 9.20. The number of fused-ring (bicyclic) bond motifs is 3. The molecule has 1 aromatic heterocycles. The van der Waals surface area contributed by atoms with E-state index >= 15 is 0 Å². The molecule has 2 heteroatoms. The van der Waals surface area contributed by atoms with Crippen LogP contribution in [0.4, 0.5) is 0 Å². The summed E-state index contributed by atoms with van der Waals surface area (Å²) in [7, 11) is 0. The Morgan fingerprint density at radius 3 is 1.70 bits per heavy atom. The van der Waals surface area contributed by atoms with Gasteiger partial charge in [-0.3, -0.25) is 0 Å². The van der Waals surface area contributed by atoms with Gasteiger partial charge in [-0.25, -0.2) is 0 Å². The van der Waals surface area contributed by atoms with E-state index in [0.717, 1.165) is 4.47 Å². The Morgan fingerprint density at radius 1 is 0.341 bits per heavy atom. The van der Waals surface area contributed by atoms with Crippen LogP contribution in [0.3, 0.4) is 0 Å². The fourth-order valence-electron chi connectivity index (χ4n) is 6.44. The Kier molecular flexibility index (Phi) is 6.70. The van der Waals surface area contributed by atoms with Gasteiger partial charge >= 0.3 is 0 Å². The minimum absolute atomic E-state index is 1.09. The van der Waals surface area contributed by atoms with Gasteiger partial charge in [-0.05, 0) is 63.2 Å². The molecule has 0 radical (unpaired) electrons. The fraction of sp³-hybridized carbons (Fsp3) is 0. The monoisotopic (exact) mass is 625 g/mol. The largest absolute Gasteiger partial charge is 0.309 e. The zero-order chi connectivity index (χ0) is 29.5. The topological polar surface area (TPSA) is 4.93 Å². The van der Waals surface area contributed by atoms with Crippen molar-refractivity contribution in [1.82, 2.24) is 4.57 Å². The Balaban J connectivity index is 1.43. The predicted molar refractivity (Wildman–Crippen MR) is 190 cm³/mol. The summed E-state index contributed by atoms with van der Waals surface area (Å²) >= 11 is 3.80. The van der Waals surface area contributed by atoms with Crippen LogP contribution >= 0.6 is 15.9 Å². The summed E-state index contributed by atoms with van der Waals surface area (Å²) < 4.78 is 3.55. The first-order chi connectivity index (χ1) is 21.8. The first-order valence-electron chi connectivity index (χ1n) is 14.9. The number of hydrogen-bond donors (Lipinski definition) is 0. The van der Waals surface area contributed by atoms with Gasteiger partial charge < -0.3 is 4.57 Å². The first kappa shape index (κ1) is 26.4. The SMILES string of the molecule is Brc1ccccc1-c1ccccc1-c1ccc2c3ccccc3n(-c3cc(-c4ccccc4)ccc3-c3ccccc3)c2c1. The molecule has 0 spiro atoms. The summed E-state index contributed by atoms with van der Waals surface area (Å²) in [5.74, 6) is 0. The molecule has 44 heavy (non-hydrogen) atoms. The van der Waals surface area contributed by atoms with Gasteiger partial charge in [-0.15, -0.1) is 0 Å². The molecule has 0 aliphatic heterocycles. The average molecular weight is 627 g/mol. The highest BCUT2D eigenvalue weighted by Gasteiger charge is 2.18. The molecule has 7 aromatic carbocycles. The number of aromatic nitrogens is 1. The van der Waals surface area contributed by atoms with Crippen LogP contribution < -0.4 is 0 Å². The minimum Gasteiger partial charge on any atom is -0.309 e. The van der Waals surface area contributed by atoms with E-state index in [-0.39, 0.29) is 0 Å². The highest BCUT2D eigenvalue weighted by Crippen LogP contribution is 2.41. The van der Waals surface area contributed by atoms with E-state index < -0.39 is 0 Å².